The molecular weight excluding hydrogens is 619 g/mol. The molecule has 4 bridgehead atoms. The number of hydrogen-bond donors (Lipinski definition) is 1. The van der Waals surface area contributed by atoms with E-state index < -0.39 is 11.2 Å². The van der Waals surface area contributed by atoms with Crippen molar-refractivity contribution < 1.29 is 18.0 Å². The third-order valence-electron chi connectivity index (χ3n) is 9.20. The van der Waals surface area contributed by atoms with Crippen LogP contribution in [-0.4, -0.2) is 27.8 Å². The highest BCUT2D eigenvalue weighted by molar-refractivity contribution is 7.99. The maximum absolute atomic E-state index is 15.7. The van der Waals surface area contributed by atoms with Crippen molar-refractivity contribution in [2.45, 2.75) is 75.0 Å². The molecule has 1 aliphatic heterocycles. The summed E-state index contributed by atoms with van der Waals surface area (Å²) in [7, 11) is 0. The SMILES string of the molecule is CC(C=O)Cc1cccc([C@@]2(C)CCCC(C)(C)CSCCc3c(c(F)cc4[nH]ccc34)Sc3ccc(F)c(c3)-c3nc2co3)c1. The van der Waals surface area contributed by atoms with Crippen LogP contribution in [0.1, 0.15) is 69.3 Å². The average Bonchev–Trinajstić information content (AvgIpc) is 3.71. The van der Waals surface area contributed by atoms with Gasteiger partial charge in [-0.05, 0) is 96.5 Å². The molecular formula is C38H40F2N2O2S2. The van der Waals surface area contributed by atoms with Gasteiger partial charge >= 0.3 is 0 Å². The number of oxazole rings is 1. The maximum atomic E-state index is 15.7. The van der Waals surface area contributed by atoms with Gasteiger partial charge in [-0.25, -0.2) is 13.8 Å². The van der Waals surface area contributed by atoms with Crippen LogP contribution in [0.2, 0.25) is 0 Å². The number of benzene rings is 3. The van der Waals surface area contributed by atoms with Crippen LogP contribution in [0.3, 0.4) is 0 Å². The Hall–Kier alpha value is -3.36. The third-order valence-corrected chi connectivity index (χ3v) is 11.8. The van der Waals surface area contributed by atoms with Crippen LogP contribution < -0.4 is 0 Å². The fraction of sp³-hybridized carbons (Fsp3) is 0.368. The van der Waals surface area contributed by atoms with Crippen LogP contribution in [0.25, 0.3) is 22.4 Å². The van der Waals surface area contributed by atoms with E-state index >= 15 is 8.78 Å². The molecule has 0 aliphatic carbocycles. The highest BCUT2D eigenvalue weighted by atomic mass is 32.2. The van der Waals surface area contributed by atoms with E-state index in [1.54, 1.807) is 24.5 Å². The molecule has 8 heteroatoms. The summed E-state index contributed by atoms with van der Waals surface area (Å²) in [5.74, 6) is 1.25. The summed E-state index contributed by atoms with van der Waals surface area (Å²) in [6.07, 6.45) is 8.69. The quantitative estimate of drug-likeness (QED) is 0.195. The number of nitrogens with zero attached hydrogens (tertiary/aromatic N) is 1. The minimum Gasteiger partial charge on any atom is -0.444 e. The first-order valence-electron chi connectivity index (χ1n) is 15.9. The van der Waals surface area contributed by atoms with Crippen molar-refractivity contribution >= 4 is 40.7 Å². The number of aromatic amines is 1. The summed E-state index contributed by atoms with van der Waals surface area (Å²) in [5.41, 5.74) is 4.52. The summed E-state index contributed by atoms with van der Waals surface area (Å²) in [4.78, 5) is 20.8. The van der Waals surface area contributed by atoms with Crippen molar-refractivity contribution in [1.29, 1.82) is 0 Å². The molecule has 1 unspecified atom stereocenters. The van der Waals surface area contributed by atoms with Crippen molar-refractivity contribution in [2.24, 2.45) is 11.3 Å². The topological polar surface area (TPSA) is 58.9 Å². The second-order valence-electron chi connectivity index (χ2n) is 13.6. The van der Waals surface area contributed by atoms with Gasteiger partial charge in [0.2, 0.25) is 5.89 Å². The lowest BCUT2D eigenvalue weighted by Crippen LogP contribution is -2.26. The Labute approximate surface area is 278 Å². The lowest BCUT2D eigenvalue weighted by Gasteiger charge is -2.31. The highest BCUT2D eigenvalue weighted by Crippen LogP contribution is 2.43. The van der Waals surface area contributed by atoms with Gasteiger partial charge in [0.25, 0.3) is 0 Å². The molecule has 1 N–H and O–H groups in total. The number of aldehydes is 1. The molecule has 6 rings (SSSR count). The molecule has 2 atom stereocenters. The number of rotatable bonds is 4. The Balaban J connectivity index is 1.44. The first kappa shape index (κ1) is 32.6. The van der Waals surface area contributed by atoms with Gasteiger partial charge in [0.15, 0.2) is 0 Å². The summed E-state index contributed by atoms with van der Waals surface area (Å²) >= 11 is 3.23. The normalized spacial score (nSPS) is 19.6. The Morgan fingerprint density at radius 1 is 1.07 bits per heavy atom. The van der Waals surface area contributed by atoms with Crippen molar-refractivity contribution in [3.63, 3.8) is 0 Å². The first-order chi connectivity index (χ1) is 22.1. The fourth-order valence-electron chi connectivity index (χ4n) is 6.48. The van der Waals surface area contributed by atoms with Crippen molar-refractivity contribution in [1.82, 2.24) is 9.97 Å². The minimum atomic E-state index is -0.496. The van der Waals surface area contributed by atoms with Crippen molar-refractivity contribution in [3.8, 4) is 11.5 Å². The van der Waals surface area contributed by atoms with E-state index in [9.17, 15) is 4.79 Å². The van der Waals surface area contributed by atoms with Crippen LogP contribution in [-0.2, 0) is 23.1 Å². The third kappa shape index (κ3) is 6.84. The molecule has 0 saturated carbocycles. The van der Waals surface area contributed by atoms with Crippen molar-refractivity contribution in [2.75, 3.05) is 11.5 Å². The molecule has 0 fully saturated rings. The largest absolute Gasteiger partial charge is 0.444 e. The van der Waals surface area contributed by atoms with E-state index in [-0.39, 0.29) is 28.6 Å². The molecule has 0 spiro atoms. The number of fused-ring (bicyclic) bond motifs is 8. The zero-order valence-electron chi connectivity index (χ0n) is 26.8. The Morgan fingerprint density at radius 2 is 1.91 bits per heavy atom. The smallest absolute Gasteiger partial charge is 0.229 e. The number of aromatic nitrogens is 2. The van der Waals surface area contributed by atoms with Crippen LogP contribution in [0, 0.1) is 23.0 Å². The molecule has 0 amide bonds. The number of carbonyl (C=O) groups is 1. The number of carbonyl (C=O) groups excluding carboxylic acids is 1. The molecule has 2 aromatic heterocycles. The lowest BCUT2D eigenvalue weighted by atomic mass is 9.74. The Bertz CT molecular complexity index is 1860. The molecule has 4 nitrogen and oxygen atoms in total. The van der Waals surface area contributed by atoms with Gasteiger partial charge in [-0.3, -0.25) is 0 Å². The number of halogens is 2. The van der Waals surface area contributed by atoms with Crippen molar-refractivity contribution in [3.05, 3.63) is 101 Å². The summed E-state index contributed by atoms with van der Waals surface area (Å²) in [6.45, 7) is 8.74. The molecule has 3 aromatic carbocycles. The first-order valence-corrected chi connectivity index (χ1v) is 17.9. The standard InChI is InChI=1S/C38H40F2N2O2S2/c1-24(21-43)17-25-7-5-8-26(18-25)38(4)14-6-13-37(2,3)23-45-16-12-29-28-11-15-41-33(28)20-32(40)35(29)46-27-9-10-31(39)30(19-27)36-42-34(38)22-44-36/h5,7-11,15,18-22,24,41H,6,12-14,16-17,23H2,1-4H3/t24?,38-/m1/s1. The van der Waals surface area contributed by atoms with Gasteiger partial charge in [-0.15, -0.1) is 0 Å². The monoisotopic (exact) mass is 658 g/mol. The van der Waals surface area contributed by atoms with E-state index in [1.807, 2.05) is 37.0 Å². The predicted molar refractivity (Wildman–Crippen MR) is 185 cm³/mol. The number of hydrogen-bond acceptors (Lipinski definition) is 5. The maximum Gasteiger partial charge on any atom is 0.229 e. The molecule has 0 radical (unpaired) electrons. The summed E-state index contributed by atoms with van der Waals surface area (Å²) < 4.78 is 37.1. The van der Waals surface area contributed by atoms with Crippen LogP contribution in [0.15, 0.2) is 81.3 Å². The molecule has 3 heterocycles. The van der Waals surface area contributed by atoms with Gasteiger partial charge in [0.05, 0.1) is 16.2 Å². The van der Waals surface area contributed by atoms with E-state index in [4.69, 9.17) is 9.40 Å². The Morgan fingerprint density at radius 3 is 2.74 bits per heavy atom. The molecule has 240 valence electrons. The number of H-pyrrole nitrogens is 1. The van der Waals surface area contributed by atoms with Crippen LogP contribution >= 0.6 is 23.5 Å². The van der Waals surface area contributed by atoms with Gasteiger partial charge in [-0.2, -0.15) is 11.8 Å². The number of nitrogens with one attached hydrogen (secondary N) is 1. The molecule has 1 aliphatic rings. The van der Waals surface area contributed by atoms with Gasteiger partial charge < -0.3 is 14.2 Å². The van der Waals surface area contributed by atoms with Gasteiger partial charge in [0.1, 0.15) is 24.2 Å². The fourth-order valence-corrected chi connectivity index (χ4v) is 8.71. The number of aryl methyl sites for hydroxylation is 1. The van der Waals surface area contributed by atoms with E-state index in [1.165, 1.54) is 17.8 Å². The molecule has 5 aromatic rings. The second kappa shape index (κ2) is 13.4. The van der Waals surface area contributed by atoms with Gasteiger partial charge in [-0.1, -0.05) is 63.2 Å². The van der Waals surface area contributed by atoms with E-state index in [2.05, 4.69) is 44.0 Å². The predicted octanol–water partition coefficient (Wildman–Crippen LogP) is 10.4. The zero-order valence-corrected chi connectivity index (χ0v) is 28.4. The zero-order chi connectivity index (χ0) is 32.5. The minimum absolute atomic E-state index is 0.0760. The lowest BCUT2D eigenvalue weighted by molar-refractivity contribution is -0.110. The second-order valence-corrected chi connectivity index (χ2v) is 15.7. The van der Waals surface area contributed by atoms with Crippen LogP contribution in [0.4, 0.5) is 8.78 Å². The highest BCUT2D eigenvalue weighted by Gasteiger charge is 2.34. The average molecular weight is 659 g/mol. The van der Waals surface area contributed by atoms with Gasteiger partial charge in [0, 0.05) is 33.3 Å². The molecule has 0 saturated heterocycles. The number of thioether (sulfide) groups is 1. The molecule has 46 heavy (non-hydrogen) atoms. The van der Waals surface area contributed by atoms with E-state index in [0.29, 0.717) is 16.2 Å². The van der Waals surface area contributed by atoms with Crippen LogP contribution in [0.5, 0.6) is 0 Å². The summed E-state index contributed by atoms with van der Waals surface area (Å²) in [6, 6.07) is 16.7. The summed E-state index contributed by atoms with van der Waals surface area (Å²) in [5, 5.41) is 1.02. The Kier molecular flexibility index (Phi) is 9.49. The van der Waals surface area contributed by atoms with E-state index in [0.717, 1.165) is 76.8 Å².